The van der Waals surface area contributed by atoms with Gasteiger partial charge in [-0.3, -0.25) is 4.79 Å². The zero-order valence-electron chi connectivity index (χ0n) is 15.5. The number of hydrogen-bond donors (Lipinski definition) is 0. The summed E-state index contributed by atoms with van der Waals surface area (Å²) >= 11 is 0. The quantitative estimate of drug-likeness (QED) is 0.483. The minimum atomic E-state index is -0.101. The molecule has 0 radical (unpaired) electrons. The number of nitrogens with zero attached hydrogens (tertiary/aromatic N) is 2. The molecule has 0 amide bonds. The fourth-order valence-corrected chi connectivity index (χ4v) is 2.93. The minimum Gasteiger partial charge on any atom is -0.490 e. The van der Waals surface area contributed by atoms with Crippen molar-refractivity contribution in [3.8, 4) is 5.75 Å². The third kappa shape index (κ3) is 4.81. The van der Waals surface area contributed by atoms with Gasteiger partial charge in [-0.15, -0.1) is 0 Å². The molecule has 2 rings (SSSR count). The second-order valence-electron chi connectivity index (χ2n) is 6.30. The van der Waals surface area contributed by atoms with Crippen LogP contribution in [0.1, 0.15) is 59.9 Å². The van der Waals surface area contributed by atoms with Crippen LogP contribution in [0.2, 0.25) is 0 Å². The number of unbranched alkanes of at least 4 members (excludes halogenated alkanes) is 3. The number of carbonyl (C=O) groups excluding carboxylic acids is 1. The average molecular weight is 340 g/mol. The van der Waals surface area contributed by atoms with E-state index in [1.165, 1.54) is 29.5 Å². The van der Waals surface area contributed by atoms with E-state index >= 15 is 0 Å². The van der Waals surface area contributed by atoms with Crippen molar-refractivity contribution in [3.63, 3.8) is 0 Å². The lowest BCUT2D eigenvalue weighted by Gasteiger charge is -2.06. The molecule has 1 aromatic carbocycles. The van der Waals surface area contributed by atoms with Crippen LogP contribution in [0.4, 0.5) is 0 Å². The highest BCUT2D eigenvalue weighted by molar-refractivity contribution is 5.96. The van der Waals surface area contributed by atoms with Crippen molar-refractivity contribution in [1.82, 2.24) is 9.78 Å². The van der Waals surface area contributed by atoms with Crippen molar-refractivity contribution < 1.29 is 9.53 Å². The molecule has 0 saturated heterocycles. The minimum absolute atomic E-state index is 0.101. The van der Waals surface area contributed by atoms with Gasteiger partial charge in [0.2, 0.25) is 0 Å². The Hall–Kier alpha value is -2.36. The normalized spacial score (nSPS) is 10.7. The fourth-order valence-electron chi connectivity index (χ4n) is 2.93. The Morgan fingerprint density at radius 1 is 1.20 bits per heavy atom. The van der Waals surface area contributed by atoms with Gasteiger partial charge in [-0.2, -0.15) is 5.10 Å². The smallest absolute Gasteiger partial charge is 0.278 e. The molecule has 2 aromatic rings. The molecule has 0 aliphatic rings. The molecule has 134 valence electrons. The zero-order chi connectivity index (χ0) is 18.2. The third-order valence-corrected chi connectivity index (χ3v) is 4.38. The fraction of sp³-hybridized carbons (Fsp3) is 0.429. The maximum atomic E-state index is 12.8. The van der Waals surface area contributed by atoms with Gasteiger partial charge in [-0.25, -0.2) is 4.68 Å². The van der Waals surface area contributed by atoms with E-state index in [0.29, 0.717) is 12.2 Å². The van der Waals surface area contributed by atoms with E-state index < -0.39 is 0 Å². The molecule has 0 aliphatic carbocycles. The first-order valence-electron chi connectivity index (χ1n) is 9.02. The van der Waals surface area contributed by atoms with Gasteiger partial charge in [0.05, 0.1) is 5.69 Å². The van der Waals surface area contributed by atoms with E-state index in [0.717, 1.165) is 30.0 Å². The van der Waals surface area contributed by atoms with Gasteiger partial charge >= 0.3 is 0 Å². The lowest BCUT2D eigenvalue weighted by Crippen LogP contribution is -2.15. The standard InChI is InChI=1S/C21H28N2O2/c1-5-7-8-9-10-20-16(3)22-23(17(20)4)21(24)18-11-13-19(14-12-18)25-15-6-2/h6,11-14H,2,5,7-10,15H2,1,3-4H3. The van der Waals surface area contributed by atoms with Crippen molar-refractivity contribution in [3.05, 3.63) is 59.4 Å². The molecule has 4 nitrogen and oxygen atoms in total. The van der Waals surface area contributed by atoms with Crippen molar-refractivity contribution in [2.75, 3.05) is 6.61 Å². The van der Waals surface area contributed by atoms with Gasteiger partial charge < -0.3 is 4.74 Å². The van der Waals surface area contributed by atoms with Gasteiger partial charge in [0.1, 0.15) is 12.4 Å². The van der Waals surface area contributed by atoms with Crippen LogP contribution in [0, 0.1) is 13.8 Å². The lowest BCUT2D eigenvalue weighted by molar-refractivity contribution is 0.0942. The molecule has 1 aromatic heterocycles. The van der Waals surface area contributed by atoms with Gasteiger partial charge in [0.15, 0.2) is 0 Å². The molecule has 4 heteroatoms. The first kappa shape index (κ1) is 19.0. The largest absolute Gasteiger partial charge is 0.490 e. The molecule has 0 bridgehead atoms. The maximum Gasteiger partial charge on any atom is 0.278 e. The Bertz CT molecular complexity index is 714. The van der Waals surface area contributed by atoms with E-state index in [1.807, 2.05) is 13.8 Å². The molecule has 0 N–H and O–H groups in total. The summed E-state index contributed by atoms with van der Waals surface area (Å²) in [6.07, 6.45) is 7.52. The molecule has 1 heterocycles. The van der Waals surface area contributed by atoms with Gasteiger partial charge in [-0.1, -0.05) is 38.8 Å². The predicted molar refractivity (Wildman–Crippen MR) is 101 cm³/mol. The van der Waals surface area contributed by atoms with Crippen LogP contribution in [-0.2, 0) is 6.42 Å². The summed E-state index contributed by atoms with van der Waals surface area (Å²) in [7, 11) is 0. The Balaban J connectivity index is 2.12. The Morgan fingerprint density at radius 2 is 1.92 bits per heavy atom. The monoisotopic (exact) mass is 340 g/mol. The Morgan fingerprint density at radius 3 is 2.56 bits per heavy atom. The van der Waals surface area contributed by atoms with E-state index in [1.54, 1.807) is 30.3 Å². The Labute approximate surface area is 150 Å². The maximum absolute atomic E-state index is 12.8. The van der Waals surface area contributed by atoms with E-state index in [-0.39, 0.29) is 5.91 Å². The van der Waals surface area contributed by atoms with Crippen molar-refractivity contribution in [2.45, 2.75) is 52.9 Å². The number of aryl methyl sites for hydroxylation is 1. The summed E-state index contributed by atoms with van der Waals surface area (Å²) in [6, 6.07) is 7.15. The van der Waals surface area contributed by atoms with Gasteiger partial charge in [0, 0.05) is 11.3 Å². The number of rotatable bonds is 9. The van der Waals surface area contributed by atoms with Gasteiger partial charge in [0.25, 0.3) is 5.91 Å². The molecular formula is C21H28N2O2. The van der Waals surface area contributed by atoms with Crippen LogP contribution in [-0.4, -0.2) is 22.3 Å². The second-order valence-corrected chi connectivity index (χ2v) is 6.30. The van der Waals surface area contributed by atoms with Crippen LogP contribution in [0.3, 0.4) is 0 Å². The highest BCUT2D eigenvalue weighted by Crippen LogP contribution is 2.19. The molecule has 0 atom stereocenters. The number of aromatic nitrogens is 2. The molecular weight excluding hydrogens is 312 g/mol. The van der Waals surface area contributed by atoms with Crippen LogP contribution >= 0.6 is 0 Å². The van der Waals surface area contributed by atoms with E-state index in [4.69, 9.17) is 4.74 Å². The van der Waals surface area contributed by atoms with Crippen molar-refractivity contribution >= 4 is 5.91 Å². The SMILES string of the molecule is C=CCOc1ccc(C(=O)n2nc(C)c(CCCCCC)c2C)cc1. The lowest BCUT2D eigenvalue weighted by atomic mass is 10.0. The third-order valence-electron chi connectivity index (χ3n) is 4.38. The second kappa shape index (κ2) is 9.21. The molecule has 0 spiro atoms. The highest BCUT2D eigenvalue weighted by atomic mass is 16.5. The summed E-state index contributed by atoms with van der Waals surface area (Å²) in [5, 5.41) is 4.48. The van der Waals surface area contributed by atoms with Crippen molar-refractivity contribution in [2.24, 2.45) is 0 Å². The molecule has 0 aliphatic heterocycles. The highest BCUT2D eigenvalue weighted by Gasteiger charge is 2.17. The molecule has 0 saturated carbocycles. The molecule has 0 fully saturated rings. The number of ether oxygens (including phenoxy) is 1. The van der Waals surface area contributed by atoms with Crippen LogP contribution < -0.4 is 4.74 Å². The number of carbonyl (C=O) groups is 1. The summed E-state index contributed by atoms with van der Waals surface area (Å²) in [4.78, 5) is 12.8. The zero-order valence-corrected chi connectivity index (χ0v) is 15.5. The van der Waals surface area contributed by atoms with E-state index in [2.05, 4.69) is 18.6 Å². The topological polar surface area (TPSA) is 44.1 Å². The van der Waals surface area contributed by atoms with Crippen LogP contribution in [0.25, 0.3) is 0 Å². The summed E-state index contributed by atoms with van der Waals surface area (Å²) in [6.45, 7) is 10.2. The van der Waals surface area contributed by atoms with Crippen LogP contribution in [0.5, 0.6) is 5.75 Å². The average Bonchev–Trinajstić information content (AvgIpc) is 2.91. The predicted octanol–water partition coefficient (Wildman–Crippen LogP) is 4.88. The summed E-state index contributed by atoms with van der Waals surface area (Å²) < 4.78 is 6.99. The summed E-state index contributed by atoms with van der Waals surface area (Å²) in [5.41, 5.74) is 3.71. The Kier molecular flexibility index (Phi) is 6.99. The van der Waals surface area contributed by atoms with Crippen molar-refractivity contribution in [1.29, 1.82) is 0 Å². The summed E-state index contributed by atoms with van der Waals surface area (Å²) in [5.74, 6) is 0.622. The first-order valence-corrected chi connectivity index (χ1v) is 9.02. The number of benzene rings is 1. The van der Waals surface area contributed by atoms with Gasteiger partial charge in [-0.05, 0) is 56.5 Å². The molecule has 0 unspecified atom stereocenters. The molecule has 25 heavy (non-hydrogen) atoms. The van der Waals surface area contributed by atoms with Crippen LogP contribution in [0.15, 0.2) is 36.9 Å². The van der Waals surface area contributed by atoms with E-state index in [9.17, 15) is 4.79 Å². The first-order chi connectivity index (χ1) is 12.1. The number of hydrogen-bond acceptors (Lipinski definition) is 3.